The normalized spacial score (nSPS) is 12.6. The Kier molecular flexibility index (Phi) is 8.65. The van der Waals surface area contributed by atoms with Crippen molar-refractivity contribution in [1.29, 1.82) is 0 Å². The van der Waals surface area contributed by atoms with Crippen molar-refractivity contribution in [1.82, 2.24) is 0 Å². The summed E-state index contributed by atoms with van der Waals surface area (Å²) in [6.45, 7) is 12.6. The van der Waals surface area contributed by atoms with Crippen molar-refractivity contribution >= 4 is 33.4 Å². The number of aromatic hydroxyl groups is 1. The number of carbonyl (C=O) groups is 1. The molecule has 0 aliphatic rings. The van der Waals surface area contributed by atoms with Crippen LogP contribution in [0.5, 0.6) is 5.75 Å². The van der Waals surface area contributed by atoms with E-state index in [4.69, 9.17) is 5.14 Å². The first-order chi connectivity index (χ1) is 15.1. The number of anilines is 1. The van der Waals surface area contributed by atoms with Gasteiger partial charge in [-0.25, -0.2) is 13.6 Å². The Morgan fingerprint density at radius 1 is 1.00 bits per heavy atom. The Labute approximate surface area is 202 Å². The van der Waals surface area contributed by atoms with Crippen LogP contribution >= 0.6 is 11.8 Å². The first kappa shape index (κ1) is 27.2. The topological polar surface area (TPSA) is 109 Å². The Hall–Kier alpha value is -2.03. The number of hydrogen-bond acceptors (Lipinski definition) is 5. The van der Waals surface area contributed by atoms with E-state index in [-0.39, 0.29) is 21.6 Å². The Bertz CT molecular complexity index is 1050. The summed E-state index contributed by atoms with van der Waals surface area (Å²) < 4.78 is 22.6. The van der Waals surface area contributed by atoms with Crippen LogP contribution in [0.2, 0.25) is 0 Å². The maximum atomic E-state index is 12.2. The second-order valence-corrected chi connectivity index (χ2v) is 13.0. The first-order valence-corrected chi connectivity index (χ1v) is 13.7. The molecular weight excluding hydrogens is 456 g/mol. The van der Waals surface area contributed by atoms with E-state index in [1.54, 1.807) is 11.8 Å². The fraction of sp³-hybridized carbons (Fsp3) is 0.480. The summed E-state index contributed by atoms with van der Waals surface area (Å²) in [6.07, 6.45) is 1.79. The third-order valence-corrected chi connectivity index (χ3v) is 7.21. The molecule has 0 aromatic heterocycles. The smallest absolute Gasteiger partial charge is 0.238 e. The van der Waals surface area contributed by atoms with Gasteiger partial charge in [-0.15, -0.1) is 0 Å². The maximum Gasteiger partial charge on any atom is 0.238 e. The highest BCUT2D eigenvalue weighted by Gasteiger charge is 2.26. The van der Waals surface area contributed by atoms with Crippen molar-refractivity contribution in [2.75, 3.05) is 16.8 Å². The van der Waals surface area contributed by atoms with Gasteiger partial charge in [-0.3, -0.25) is 4.79 Å². The first-order valence-electron chi connectivity index (χ1n) is 11.0. The van der Waals surface area contributed by atoms with Crippen LogP contribution in [0.15, 0.2) is 41.3 Å². The molecule has 2 rings (SSSR count). The minimum atomic E-state index is -3.75. The summed E-state index contributed by atoms with van der Waals surface area (Å²) in [5.41, 5.74) is 3.35. The largest absolute Gasteiger partial charge is 0.507 e. The lowest BCUT2D eigenvalue weighted by Gasteiger charge is -2.28. The van der Waals surface area contributed by atoms with Crippen LogP contribution in [-0.2, 0) is 32.1 Å². The lowest BCUT2D eigenvalue weighted by Crippen LogP contribution is -2.18. The highest BCUT2D eigenvalue weighted by atomic mass is 32.2. The highest BCUT2D eigenvalue weighted by molar-refractivity contribution is 7.99. The second kappa shape index (κ2) is 10.5. The average molecular weight is 493 g/mol. The molecule has 0 spiro atoms. The van der Waals surface area contributed by atoms with Gasteiger partial charge in [0.1, 0.15) is 5.75 Å². The van der Waals surface area contributed by atoms with Gasteiger partial charge in [0, 0.05) is 5.69 Å². The van der Waals surface area contributed by atoms with Crippen LogP contribution in [0, 0.1) is 0 Å². The van der Waals surface area contributed by atoms with Crippen LogP contribution < -0.4 is 10.5 Å². The number of phenols is 1. The van der Waals surface area contributed by atoms with Gasteiger partial charge in [-0.05, 0) is 70.4 Å². The van der Waals surface area contributed by atoms with Crippen molar-refractivity contribution < 1.29 is 18.3 Å². The van der Waals surface area contributed by atoms with Gasteiger partial charge in [0.15, 0.2) is 0 Å². The molecule has 8 heteroatoms. The fourth-order valence-electron chi connectivity index (χ4n) is 3.45. The predicted octanol–water partition coefficient (Wildman–Crippen LogP) is 4.94. The van der Waals surface area contributed by atoms with Gasteiger partial charge in [0.05, 0.1) is 10.6 Å². The van der Waals surface area contributed by atoms with E-state index in [1.165, 1.54) is 29.8 Å². The number of nitrogens with two attached hydrogens (primary N) is 1. The van der Waals surface area contributed by atoms with E-state index in [2.05, 4.69) is 59.0 Å². The third kappa shape index (κ3) is 8.05. The molecule has 0 fully saturated rings. The number of carbonyl (C=O) groups excluding carboxylic acids is 1. The number of primary sulfonamides is 1. The van der Waals surface area contributed by atoms with Gasteiger partial charge in [0.2, 0.25) is 15.9 Å². The zero-order valence-corrected chi connectivity index (χ0v) is 22.0. The Morgan fingerprint density at radius 2 is 1.52 bits per heavy atom. The SMILES string of the molecule is CC(C)(C)c1cc(CCCSCC(=O)Nc2ccc(S(N)(=O)=O)cc2)cc(C(C)(C)C)c1O. The summed E-state index contributed by atoms with van der Waals surface area (Å²) in [7, 11) is -3.75. The van der Waals surface area contributed by atoms with Crippen LogP contribution in [0.1, 0.15) is 64.7 Å². The van der Waals surface area contributed by atoms with Crippen LogP contribution in [-0.4, -0.2) is 30.9 Å². The summed E-state index contributed by atoms with van der Waals surface area (Å²) in [6, 6.07) is 9.99. The summed E-state index contributed by atoms with van der Waals surface area (Å²) in [5, 5.41) is 18.7. The maximum absolute atomic E-state index is 12.2. The number of benzene rings is 2. The molecule has 0 aliphatic carbocycles. The van der Waals surface area contributed by atoms with Crippen LogP contribution in [0.3, 0.4) is 0 Å². The summed E-state index contributed by atoms with van der Waals surface area (Å²) in [4.78, 5) is 12.2. The number of nitrogens with one attached hydrogen (secondary N) is 1. The van der Waals surface area contributed by atoms with Crippen molar-refractivity contribution in [2.24, 2.45) is 5.14 Å². The Balaban J connectivity index is 1.90. The molecule has 182 valence electrons. The van der Waals surface area contributed by atoms with Gasteiger partial charge in [0.25, 0.3) is 0 Å². The average Bonchev–Trinajstić information content (AvgIpc) is 2.66. The quantitative estimate of drug-likeness (QED) is 0.452. The summed E-state index contributed by atoms with van der Waals surface area (Å²) >= 11 is 1.55. The lowest BCUT2D eigenvalue weighted by atomic mass is 9.78. The van der Waals surface area contributed by atoms with Crippen LogP contribution in [0.4, 0.5) is 5.69 Å². The van der Waals surface area contributed by atoms with Gasteiger partial charge < -0.3 is 10.4 Å². The van der Waals surface area contributed by atoms with Gasteiger partial charge in [-0.1, -0.05) is 53.7 Å². The number of amides is 1. The fourth-order valence-corrected chi connectivity index (χ4v) is 4.72. The van der Waals surface area contributed by atoms with Crippen molar-refractivity contribution in [2.45, 2.75) is 70.1 Å². The number of sulfonamides is 1. The minimum absolute atomic E-state index is 0.00772. The highest BCUT2D eigenvalue weighted by Crippen LogP contribution is 2.40. The molecule has 2 aromatic rings. The van der Waals surface area contributed by atoms with E-state index in [0.29, 0.717) is 17.2 Å². The molecule has 1 amide bonds. The second-order valence-electron chi connectivity index (χ2n) is 10.3. The molecule has 0 unspecified atom stereocenters. The number of phenolic OH excluding ortho intramolecular Hbond substituents is 1. The standard InChI is InChI=1S/C25H36N2O4S2/c1-24(2,3)20-14-17(15-21(23(20)29)25(4,5)6)8-7-13-32-16-22(28)27-18-9-11-19(12-10-18)33(26,30)31/h9-12,14-15,29H,7-8,13,16H2,1-6H3,(H,27,28)(H2,26,30,31). The molecule has 0 atom stereocenters. The molecular formula is C25H36N2O4S2. The molecule has 33 heavy (non-hydrogen) atoms. The van der Waals surface area contributed by atoms with E-state index in [0.717, 1.165) is 29.7 Å². The van der Waals surface area contributed by atoms with Crippen molar-refractivity contribution in [3.05, 3.63) is 53.1 Å². The molecule has 2 aromatic carbocycles. The number of hydrogen-bond donors (Lipinski definition) is 3. The predicted molar refractivity (Wildman–Crippen MR) is 138 cm³/mol. The number of aryl methyl sites for hydroxylation is 1. The van der Waals surface area contributed by atoms with E-state index in [9.17, 15) is 18.3 Å². The van der Waals surface area contributed by atoms with Gasteiger partial charge >= 0.3 is 0 Å². The molecule has 6 nitrogen and oxygen atoms in total. The van der Waals surface area contributed by atoms with Gasteiger partial charge in [-0.2, -0.15) is 11.8 Å². The lowest BCUT2D eigenvalue weighted by molar-refractivity contribution is -0.113. The molecule has 0 saturated heterocycles. The number of rotatable bonds is 8. The zero-order chi connectivity index (χ0) is 25.0. The summed E-state index contributed by atoms with van der Waals surface area (Å²) in [5.74, 6) is 1.39. The minimum Gasteiger partial charge on any atom is -0.507 e. The molecule has 0 heterocycles. The van der Waals surface area contributed by atoms with E-state index in [1.807, 2.05) is 0 Å². The zero-order valence-electron chi connectivity index (χ0n) is 20.4. The van der Waals surface area contributed by atoms with Crippen LogP contribution in [0.25, 0.3) is 0 Å². The molecule has 0 bridgehead atoms. The van der Waals surface area contributed by atoms with Crippen molar-refractivity contribution in [3.63, 3.8) is 0 Å². The third-order valence-electron chi connectivity index (χ3n) is 5.24. The molecule has 0 radical (unpaired) electrons. The monoisotopic (exact) mass is 492 g/mol. The molecule has 4 N–H and O–H groups in total. The number of thioether (sulfide) groups is 1. The Morgan fingerprint density at radius 3 is 1.97 bits per heavy atom. The van der Waals surface area contributed by atoms with E-state index >= 15 is 0 Å². The molecule has 0 aliphatic heterocycles. The molecule has 0 saturated carbocycles. The van der Waals surface area contributed by atoms with Crippen molar-refractivity contribution in [3.8, 4) is 5.75 Å². The van der Waals surface area contributed by atoms with E-state index < -0.39 is 10.0 Å².